The van der Waals surface area contributed by atoms with Crippen LogP contribution < -0.4 is 15.2 Å². The summed E-state index contributed by atoms with van der Waals surface area (Å²) in [5.74, 6) is 0.165. The summed E-state index contributed by atoms with van der Waals surface area (Å²) in [6, 6.07) is 0.889. The Morgan fingerprint density at radius 2 is 2.06 bits per heavy atom. The number of nitrogens with two attached hydrogens (primary N) is 1. The van der Waals surface area contributed by atoms with Crippen molar-refractivity contribution >= 4 is 0 Å². The minimum Gasteiger partial charge on any atom is -0.454 e. The fourth-order valence-corrected chi connectivity index (χ4v) is 1.70. The van der Waals surface area contributed by atoms with E-state index in [0.29, 0.717) is 0 Å². The van der Waals surface area contributed by atoms with Crippen LogP contribution in [0.1, 0.15) is 17.2 Å². The molecule has 7 heteroatoms. The molecule has 1 unspecified atom stereocenters. The Morgan fingerprint density at radius 1 is 1.35 bits per heavy atom. The van der Waals surface area contributed by atoms with Crippen molar-refractivity contribution in [1.29, 1.82) is 0 Å². The average molecular weight is 249 g/mol. The summed E-state index contributed by atoms with van der Waals surface area (Å²) in [5.41, 5.74) is 4.30. The number of halogens is 3. The van der Waals surface area contributed by atoms with Crippen LogP contribution in [0.25, 0.3) is 0 Å². The normalized spacial score (nSPS) is 16.1. The lowest BCUT2D eigenvalue weighted by molar-refractivity contribution is -0.138. The summed E-state index contributed by atoms with van der Waals surface area (Å²) >= 11 is 0. The molecule has 1 aliphatic heterocycles. The highest BCUT2D eigenvalue weighted by Gasteiger charge is 2.38. The van der Waals surface area contributed by atoms with Crippen molar-refractivity contribution in [2.24, 2.45) is 5.73 Å². The lowest BCUT2D eigenvalue weighted by Crippen LogP contribution is -2.20. The van der Waals surface area contributed by atoms with Gasteiger partial charge in [0.25, 0.3) is 0 Å². The van der Waals surface area contributed by atoms with E-state index >= 15 is 0 Å². The first kappa shape index (κ1) is 12.0. The van der Waals surface area contributed by atoms with Crippen molar-refractivity contribution in [3.63, 3.8) is 0 Å². The van der Waals surface area contributed by atoms with Crippen molar-refractivity contribution in [2.45, 2.75) is 12.2 Å². The Balaban J connectivity index is 2.61. The monoisotopic (exact) mass is 249 g/mol. The van der Waals surface area contributed by atoms with E-state index < -0.39 is 24.4 Å². The molecule has 3 N–H and O–H groups in total. The van der Waals surface area contributed by atoms with Gasteiger partial charge < -0.3 is 20.3 Å². The maximum Gasteiger partial charge on any atom is 0.416 e. The van der Waals surface area contributed by atoms with Crippen LogP contribution in [-0.2, 0) is 6.18 Å². The predicted molar refractivity (Wildman–Crippen MR) is 51.6 cm³/mol. The standard InChI is InChI=1S/C10H10F3NO3/c11-10(12,13)5-1-2-7-9(17-4-16-7)8(5)6(14)3-15/h1-2,6,15H,3-4,14H2. The second kappa shape index (κ2) is 4.08. The molecule has 0 amide bonds. The first-order valence-corrected chi connectivity index (χ1v) is 4.81. The molecular formula is C10H10F3NO3. The van der Waals surface area contributed by atoms with Gasteiger partial charge in [0, 0.05) is 5.56 Å². The third-order valence-electron chi connectivity index (χ3n) is 2.45. The molecule has 94 valence electrons. The van der Waals surface area contributed by atoms with Crippen LogP contribution in [0.5, 0.6) is 11.5 Å². The van der Waals surface area contributed by atoms with Gasteiger partial charge in [-0.15, -0.1) is 0 Å². The minimum absolute atomic E-state index is 0.0404. The molecule has 0 aromatic heterocycles. The molecular weight excluding hydrogens is 239 g/mol. The van der Waals surface area contributed by atoms with Crippen molar-refractivity contribution in [2.75, 3.05) is 13.4 Å². The van der Waals surface area contributed by atoms with Gasteiger partial charge in [-0.05, 0) is 12.1 Å². The largest absolute Gasteiger partial charge is 0.454 e. The van der Waals surface area contributed by atoms with Crippen LogP contribution in [0.2, 0.25) is 0 Å². The topological polar surface area (TPSA) is 64.7 Å². The summed E-state index contributed by atoms with van der Waals surface area (Å²) in [7, 11) is 0. The quantitative estimate of drug-likeness (QED) is 0.832. The first-order valence-electron chi connectivity index (χ1n) is 4.81. The molecule has 1 atom stereocenters. The van der Waals surface area contributed by atoms with Crippen LogP contribution in [0.15, 0.2) is 12.1 Å². The Hall–Kier alpha value is -1.47. The maximum absolute atomic E-state index is 12.8. The molecule has 0 fully saturated rings. The van der Waals surface area contributed by atoms with Crippen molar-refractivity contribution in [3.05, 3.63) is 23.3 Å². The molecule has 1 aromatic carbocycles. The van der Waals surface area contributed by atoms with E-state index in [0.717, 1.165) is 6.07 Å². The molecule has 0 saturated heterocycles. The molecule has 17 heavy (non-hydrogen) atoms. The van der Waals surface area contributed by atoms with E-state index in [1.807, 2.05) is 0 Å². The Bertz CT molecular complexity index is 434. The number of ether oxygens (including phenoxy) is 2. The number of alkyl halides is 3. The van der Waals surface area contributed by atoms with Gasteiger partial charge in [0.2, 0.25) is 6.79 Å². The molecule has 0 bridgehead atoms. The second-order valence-electron chi connectivity index (χ2n) is 3.55. The van der Waals surface area contributed by atoms with Gasteiger partial charge in [0.05, 0.1) is 18.2 Å². The Labute approximate surface area is 94.7 Å². The Kier molecular flexibility index (Phi) is 2.88. The molecule has 0 radical (unpaired) electrons. The fraction of sp³-hybridized carbons (Fsp3) is 0.400. The second-order valence-corrected chi connectivity index (χ2v) is 3.55. The molecule has 2 rings (SSSR count). The number of hydrogen-bond acceptors (Lipinski definition) is 4. The lowest BCUT2D eigenvalue weighted by atomic mass is 9.99. The molecule has 1 heterocycles. The van der Waals surface area contributed by atoms with E-state index in [4.69, 9.17) is 20.3 Å². The highest BCUT2D eigenvalue weighted by atomic mass is 19.4. The summed E-state index contributed by atoms with van der Waals surface area (Å²) in [4.78, 5) is 0. The van der Waals surface area contributed by atoms with Crippen LogP contribution >= 0.6 is 0 Å². The van der Waals surface area contributed by atoms with Gasteiger partial charge in [-0.2, -0.15) is 13.2 Å². The van der Waals surface area contributed by atoms with Crippen LogP contribution in [-0.4, -0.2) is 18.5 Å². The van der Waals surface area contributed by atoms with Crippen LogP contribution in [0.3, 0.4) is 0 Å². The van der Waals surface area contributed by atoms with E-state index in [-0.39, 0.29) is 23.9 Å². The zero-order chi connectivity index (χ0) is 12.6. The Morgan fingerprint density at radius 3 is 2.65 bits per heavy atom. The van der Waals surface area contributed by atoms with Crippen LogP contribution in [0, 0.1) is 0 Å². The van der Waals surface area contributed by atoms with Gasteiger partial charge in [-0.1, -0.05) is 0 Å². The average Bonchev–Trinajstić information content (AvgIpc) is 2.73. The van der Waals surface area contributed by atoms with Crippen molar-refractivity contribution in [3.8, 4) is 11.5 Å². The number of hydrogen-bond donors (Lipinski definition) is 2. The molecule has 0 saturated carbocycles. The molecule has 4 nitrogen and oxygen atoms in total. The smallest absolute Gasteiger partial charge is 0.416 e. The third kappa shape index (κ3) is 2.03. The number of aliphatic hydroxyl groups excluding tert-OH is 1. The zero-order valence-electron chi connectivity index (χ0n) is 8.62. The lowest BCUT2D eigenvalue weighted by Gasteiger charge is -2.18. The van der Waals surface area contributed by atoms with Crippen molar-refractivity contribution in [1.82, 2.24) is 0 Å². The van der Waals surface area contributed by atoms with E-state index in [1.54, 1.807) is 0 Å². The van der Waals surface area contributed by atoms with E-state index in [2.05, 4.69) is 0 Å². The fourth-order valence-electron chi connectivity index (χ4n) is 1.70. The highest BCUT2D eigenvalue weighted by molar-refractivity contribution is 5.54. The van der Waals surface area contributed by atoms with Gasteiger partial charge in [-0.3, -0.25) is 0 Å². The number of aliphatic hydroxyl groups is 1. The zero-order valence-corrected chi connectivity index (χ0v) is 8.62. The molecule has 0 spiro atoms. The highest BCUT2D eigenvalue weighted by Crippen LogP contribution is 2.45. The van der Waals surface area contributed by atoms with Crippen LogP contribution in [0.4, 0.5) is 13.2 Å². The SMILES string of the molecule is NC(CO)c1c(C(F)(F)F)ccc2c1OCO2. The van der Waals surface area contributed by atoms with Gasteiger partial charge in [0.1, 0.15) is 0 Å². The maximum atomic E-state index is 12.8. The summed E-state index contributed by atoms with van der Waals surface area (Å²) in [6.07, 6.45) is -4.55. The van der Waals surface area contributed by atoms with Gasteiger partial charge in [0.15, 0.2) is 11.5 Å². The third-order valence-corrected chi connectivity index (χ3v) is 2.45. The van der Waals surface area contributed by atoms with E-state index in [9.17, 15) is 13.2 Å². The number of fused-ring (bicyclic) bond motifs is 1. The van der Waals surface area contributed by atoms with Crippen molar-refractivity contribution < 1.29 is 27.8 Å². The molecule has 1 aliphatic rings. The van der Waals surface area contributed by atoms with Gasteiger partial charge in [-0.25, -0.2) is 0 Å². The first-order chi connectivity index (χ1) is 7.95. The van der Waals surface area contributed by atoms with Gasteiger partial charge >= 0.3 is 6.18 Å². The number of benzene rings is 1. The summed E-state index contributed by atoms with van der Waals surface area (Å²) in [6.45, 7) is -0.759. The summed E-state index contributed by atoms with van der Waals surface area (Å²) in [5, 5.41) is 8.92. The predicted octanol–water partition coefficient (Wildman–Crippen LogP) is 1.43. The minimum atomic E-state index is -4.55. The molecule has 0 aliphatic carbocycles. The molecule has 1 aromatic rings. The summed E-state index contributed by atoms with van der Waals surface area (Å²) < 4.78 is 48.3. The number of rotatable bonds is 2. The van der Waals surface area contributed by atoms with E-state index in [1.165, 1.54) is 6.07 Å².